The summed E-state index contributed by atoms with van der Waals surface area (Å²) in [6.07, 6.45) is 0.588. The van der Waals surface area contributed by atoms with E-state index in [-0.39, 0.29) is 13.1 Å². The van der Waals surface area contributed by atoms with E-state index in [1.165, 1.54) is 0 Å². The lowest BCUT2D eigenvalue weighted by atomic mass is 10.1. The third kappa shape index (κ3) is 8.56. The molecule has 29 heavy (non-hydrogen) atoms. The molecule has 0 unspecified atom stereocenters. The molecule has 0 aliphatic heterocycles. The van der Waals surface area contributed by atoms with Gasteiger partial charge in [0.25, 0.3) is 20.4 Å². The van der Waals surface area contributed by atoms with Crippen LogP contribution in [0.3, 0.4) is 0 Å². The minimum Gasteiger partial charge on any atom is -0.201 e. The molecule has 2 aromatic carbocycles. The number of halogens is 4. The van der Waals surface area contributed by atoms with Crippen molar-refractivity contribution in [2.45, 2.75) is 12.8 Å². The summed E-state index contributed by atoms with van der Waals surface area (Å²) in [6.45, 7) is -0.0713. The normalized spacial score (nSPS) is 12.3. The first-order chi connectivity index (χ1) is 13.5. The van der Waals surface area contributed by atoms with Crippen LogP contribution in [0.4, 0.5) is 0 Å². The van der Waals surface area contributed by atoms with Gasteiger partial charge in [-0.25, -0.2) is 9.44 Å². The molecule has 0 saturated carbocycles. The van der Waals surface area contributed by atoms with Gasteiger partial charge in [-0.1, -0.05) is 62.7 Å². The van der Waals surface area contributed by atoms with E-state index in [9.17, 15) is 16.8 Å². The molecular weight excluding hydrogens is 504 g/mol. The van der Waals surface area contributed by atoms with Gasteiger partial charge in [0.2, 0.25) is 0 Å². The second-order valence-corrected chi connectivity index (χ2v) is 10.8. The van der Waals surface area contributed by atoms with Gasteiger partial charge in [0.1, 0.15) is 0 Å². The lowest BCUT2D eigenvalue weighted by Crippen LogP contribution is -2.46. The van der Waals surface area contributed by atoms with Crippen molar-refractivity contribution in [3.05, 3.63) is 67.6 Å². The molecule has 160 valence electrons. The Kier molecular flexibility index (Phi) is 9.02. The van der Waals surface area contributed by atoms with Crippen molar-refractivity contribution in [3.8, 4) is 0 Å². The van der Waals surface area contributed by atoms with E-state index >= 15 is 0 Å². The van der Waals surface area contributed by atoms with Crippen LogP contribution in [0.15, 0.2) is 36.4 Å². The molecule has 0 fully saturated rings. The highest BCUT2D eigenvalue weighted by Crippen LogP contribution is 2.23. The summed E-state index contributed by atoms with van der Waals surface area (Å²) >= 11 is 23.4. The fourth-order valence-electron chi connectivity index (χ4n) is 2.25. The Balaban J connectivity index is 1.82. The zero-order valence-corrected chi connectivity index (χ0v) is 19.4. The molecule has 7 nitrogen and oxygen atoms in total. The molecule has 0 aliphatic carbocycles. The summed E-state index contributed by atoms with van der Waals surface area (Å²) in [6, 6.07) is 9.77. The van der Waals surface area contributed by atoms with Gasteiger partial charge in [0, 0.05) is 13.1 Å². The maximum Gasteiger partial charge on any atom is 0.291 e. The fraction of sp³-hybridized carbons (Fsp3) is 0.250. The zero-order valence-electron chi connectivity index (χ0n) is 14.8. The maximum absolute atomic E-state index is 12.0. The number of nitrogens with one attached hydrogen (secondary N) is 3. The van der Waals surface area contributed by atoms with Gasteiger partial charge < -0.3 is 0 Å². The van der Waals surface area contributed by atoms with Gasteiger partial charge in [0.05, 0.1) is 20.1 Å². The van der Waals surface area contributed by atoms with Crippen molar-refractivity contribution in [1.29, 1.82) is 0 Å². The number of hydrogen-bond acceptors (Lipinski definition) is 4. The SMILES string of the molecule is O=S(=O)(NCCc1ccc(Cl)c(Cl)c1)NS(=O)(=O)NCCc1ccc(Cl)c(Cl)c1. The van der Waals surface area contributed by atoms with Gasteiger partial charge in [-0.2, -0.15) is 16.8 Å². The summed E-state index contributed by atoms with van der Waals surface area (Å²) in [5, 5.41) is 1.46. The third-order valence-electron chi connectivity index (χ3n) is 3.60. The van der Waals surface area contributed by atoms with Crippen LogP contribution >= 0.6 is 46.4 Å². The van der Waals surface area contributed by atoms with Gasteiger partial charge in [-0.3, -0.25) is 0 Å². The van der Waals surface area contributed by atoms with Crippen LogP contribution in [0.1, 0.15) is 11.1 Å². The molecule has 13 heteroatoms. The zero-order chi connectivity index (χ0) is 21.7. The molecule has 0 saturated heterocycles. The van der Waals surface area contributed by atoms with Crippen molar-refractivity contribution < 1.29 is 16.8 Å². The van der Waals surface area contributed by atoms with E-state index in [0.29, 0.717) is 32.9 Å². The predicted octanol–water partition coefficient (Wildman–Crippen LogP) is 3.34. The highest BCUT2D eigenvalue weighted by molar-refractivity contribution is 8.02. The van der Waals surface area contributed by atoms with Gasteiger partial charge in [-0.05, 0) is 48.2 Å². The first-order valence-electron chi connectivity index (χ1n) is 8.13. The highest BCUT2D eigenvalue weighted by atomic mass is 35.5. The minimum absolute atomic E-state index is 0.0356. The van der Waals surface area contributed by atoms with Crippen molar-refractivity contribution in [1.82, 2.24) is 13.6 Å². The van der Waals surface area contributed by atoms with E-state index in [1.54, 1.807) is 40.5 Å². The standard InChI is InChI=1S/C16H17Cl4N3O4S2/c17-13-3-1-11(9-15(13)19)5-7-21-28(24,25)23-29(26,27)22-8-6-12-2-4-14(18)16(20)10-12/h1-4,9-10,21-23H,5-8H2. The Hall–Kier alpha value is -0.620. The molecule has 2 rings (SSSR count). The molecule has 0 heterocycles. The van der Waals surface area contributed by atoms with Crippen molar-refractivity contribution in [2.24, 2.45) is 0 Å². The predicted molar refractivity (Wildman–Crippen MR) is 117 cm³/mol. The summed E-state index contributed by atoms with van der Waals surface area (Å²) in [5.41, 5.74) is 1.48. The fourth-order valence-corrected chi connectivity index (χ4v) is 5.26. The summed E-state index contributed by atoms with van der Waals surface area (Å²) in [5.74, 6) is 0. The van der Waals surface area contributed by atoms with Crippen molar-refractivity contribution in [2.75, 3.05) is 13.1 Å². The second-order valence-electron chi connectivity index (χ2n) is 5.88. The van der Waals surface area contributed by atoms with Crippen LogP contribution in [0.25, 0.3) is 0 Å². The third-order valence-corrected chi connectivity index (χ3v) is 8.00. The largest absolute Gasteiger partial charge is 0.291 e. The van der Waals surface area contributed by atoms with E-state index in [0.717, 1.165) is 11.1 Å². The van der Waals surface area contributed by atoms with Gasteiger partial charge in [0.15, 0.2) is 0 Å². The highest BCUT2D eigenvalue weighted by Gasteiger charge is 2.19. The summed E-state index contributed by atoms with van der Waals surface area (Å²) in [4.78, 5) is 0. The Morgan fingerprint density at radius 2 is 1.00 bits per heavy atom. The molecule has 0 radical (unpaired) electrons. The average Bonchev–Trinajstić information content (AvgIpc) is 2.60. The Labute approximate surface area is 190 Å². The first-order valence-corrected chi connectivity index (χ1v) is 12.6. The Morgan fingerprint density at radius 1 is 0.621 bits per heavy atom. The number of hydrogen-bond donors (Lipinski definition) is 3. The van der Waals surface area contributed by atoms with E-state index in [1.807, 2.05) is 0 Å². The monoisotopic (exact) mass is 519 g/mol. The van der Waals surface area contributed by atoms with Crippen molar-refractivity contribution in [3.63, 3.8) is 0 Å². The van der Waals surface area contributed by atoms with Crippen LogP contribution in [0.5, 0.6) is 0 Å². The van der Waals surface area contributed by atoms with E-state index < -0.39 is 20.4 Å². The van der Waals surface area contributed by atoms with Gasteiger partial charge in [-0.15, -0.1) is 0 Å². The molecule has 0 amide bonds. The molecule has 0 atom stereocenters. The molecule has 0 spiro atoms. The summed E-state index contributed by atoms with van der Waals surface area (Å²) in [7, 11) is -8.57. The van der Waals surface area contributed by atoms with Crippen LogP contribution in [-0.4, -0.2) is 29.9 Å². The smallest absolute Gasteiger partial charge is 0.201 e. The van der Waals surface area contributed by atoms with Crippen LogP contribution in [0, 0.1) is 0 Å². The lowest BCUT2D eigenvalue weighted by molar-refractivity contribution is 0.560. The molecule has 0 bridgehead atoms. The quantitative estimate of drug-likeness (QED) is 0.446. The minimum atomic E-state index is -4.28. The molecule has 0 aliphatic rings. The second kappa shape index (κ2) is 10.6. The lowest BCUT2D eigenvalue weighted by Gasteiger charge is -2.10. The Bertz CT molecular complexity index is 994. The number of rotatable bonds is 10. The summed E-state index contributed by atoms with van der Waals surface area (Å²) < 4.78 is 53.7. The van der Waals surface area contributed by atoms with Gasteiger partial charge >= 0.3 is 0 Å². The van der Waals surface area contributed by atoms with Crippen LogP contribution in [0.2, 0.25) is 20.1 Å². The topological polar surface area (TPSA) is 104 Å². The molecular formula is C16H17Cl4N3O4S2. The van der Waals surface area contributed by atoms with Crippen LogP contribution < -0.4 is 13.6 Å². The Morgan fingerprint density at radius 3 is 1.34 bits per heavy atom. The number of benzene rings is 2. The van der Waals surface area contributed by atoms with Crippen molar-refractivity contribution >= 4 is 66.8 Å². The average molecular weight is 521 g/mol. The first kappa shape index (κ1) is 24.6. The van der Waals surface area contributed by atoms with E-state index in [2.05, 4.69) is 9.44 Å². The van der Waals surface area contributed by atoms with E-state index in [4.69, 9.17) is 46.4 Å². The molecule has 0 aromatic heterocycles. The molecule has 2 aromatic rings. The maximum atomic E-state index is 12.0. The van der Waals surface area contributed by atoms with Crippen LogP contribution in [-0.2, 0) is 33.3 Å². The molecule has 3 N–H and O–H groups in total.